The molecule has 2 fully saturated rings. The Morgan fingerprint density at radius 3 is 2.77 bits per heavy atom. The van der Waals surface area contributed by atoms with Gasteiger partial charge in [-0.15, -0.1) is 0 Å². The topological polar surface area (TPSA) is 59.6 Å². The van der Waals surface area contributed by atoms with E-state index in [1.165, 1.54) is 0 Å². The molecule has 2 aliphatic rings. The van der Waals surface area contributed by atoms with E-state index < -0.39 is 0 Å². The van der Waals surface area contributed by atoms with Crippen molar-refractivity contribution in [2.75, 3.05) is 32.8 Å². The van der Waals surface area contributed by atoms with E-state index in [1.807, 2.05) is 0 Å². The quantitative estimate of drug-likeness (QED) is 0.513. The molecule has 13 heavy (non-hydrogen) atoms. The van der Waals surface area contributed by atoms with Crippen LogP contribution in [0.1, 0.15) is 0 Å². The largest absolute Gasteiger partial charge is 0.456 e. The number of rotatable bonds is 2. The first-order valence-electron chi connectivity index (χ1n) is 4.58. The molecular weight excluding hydrogens is 172 g/mol. The summed E-state index contributed by atoms with van der Waals surface area (Å²) in [5.41, 5.74) is 0. The molecule has 0 saturated carbocycles. The highest BCUT2D eigenvalue weighted by molar-refractivity contribution is 5.76. The van der Waals surface area contributed by atoms with Crippen molar-refractivity contribution < 1.29 is 14.3 Å². The Labute approximate surface area is 76.8 Å². The molecule has 0 bridgehead atoms. The number of hydrogen-bond donors (Lipinski definition) is 2. The number of carbonyl (C=O) groups excluding carboxylic acids is 1. The highest BCUT2D eigenvalue weighted by Gasteiger charge is 2.28. The normalized spacial score (nSPS) is 29.4. The van der Waals surface area contributed by atoms with Gasteiger partial charge in [-0.05, 0) is 0 Å². The summed E-state index contributed by atoms with van der Waals surface area (Å²) in [5.74, 6) is -0.166. The lowest BCUT2D eigenvalue weighted by Crippen LogP contribution is -2.54. The van der Waals surface area contributed by atoms with Gasteiger partial charge in [0.25, 0.3) is 0 Å². The molecule has 74 valence electrons. The van der Waals surface area contributed by atoms with Crippen LogP contribution in [0, 0.1) is 0 Å². The number of ether oxygens (including phenoxy) is 2. The van der Waals surface area contributed by atoms with E-state index in [2.05, 4.69) is 10.6 Å². The molecule has 2 rings (SSSR count). The summed E-state index contributed by atoms with van der Waals surface area (Å²) in [5, 5.41) is 6.22. The lowest BCUT2D eigenvalue weighted by atomic mass is 10.2. The molecule has 1 atom stereocenters. The van der Waals surface area contributed by atoms with Gasteiger partial charge in [0, 0.05) is 19.6 Å². The molecule has 1 unspecified atom stereocenters. The summed E-state index contributed by atoms with van der Waals surface area (Å²) in [4.78, 5) is 11.4. The zero-order chi connectivity index (χ0) is 9.10. The molecule has 5 nitrogen and oxygen atoms in total. The van der Waals surface area contributed by atoms with E-state index in [0.29, 0.717) is 19.8 Å². The van der Waals surface area contributed by atoms with Crippen LogP contribution < -0.4 is 10.6 Å². The van der Waals surface area contributed by atoms with E-state index >= 15 is 0 Å². The average molecular weight is 186 g/mol. The van der Waals surface area contributed by atoms with Crippen LogP contribution in [-0.2, 0) is 14.3 Å². The third-order valence-electron chi connectivity index (χ3n) is 2.22. The van der Waals surface area contributed by atoms with E-state index in [-0.39, 0.29) is 18.1 Å². The first kappa shape index (κ1) is 8.93. The Morgan fingerprint density at radius 2 is 2.23 bits per heavy atom. The van der Waals surface area contributed by atoms with Crippen molar-refractivity contribution in [1.82, 2.24) is 10.6 Å². The summed E-state index contributed by atoms with van der Waals surface area (Å²) in [6.45, 7) is 3.49. The molecule has 2 aliphatic heterocycles. The molecule has 5 heteroatoms. The van der Waals surface area contributed by atoms with E-state index in [9.17, 15) is 4.79 Å². The molecule has 0 radical (unpaired) electrons. The van der Waals surface area contributed by atoms with E-state index in [0.717, 1.165) is 13.1 Å². The van der Waals surface area contributed by atoms with Crippen molar-refractivity contribution in [3.63, 3.8) is 0 Å². The molecule has 0 amide bonds. The van der Waals surface area contributed by atoms with Crippen LogP contribution in [0.2, 0.25) is 0 Å². The standard InChI is InChI=1S/C8H14N2O3/c11-8(13-6-4-12-5-6)7-3-9-1-2-10-7/h6-7,9-10H,1-5H2. The first-order valence-corrected chi connectivity index (χ1v) is 4.58. The van der Waals surface area contributed by atoms with Gasteiger partial charge < -0.3 is 20.1 Å². The summed E-state index contributed by atoms with van der Waals surface area (Å²) < 4.78 is 10.1. The molecule has 0 spiro atoms. The Hall–Kier alpha value is -0.650. The second-order valence-electron chi connectivity index (χ2n) is 3.31. The van der Waals surface area contributed by atoms with E-state index in [1.54, 1.807) is 0 Å². The van der Waals surface area contributed by atoms with Gasteiger partial charge in [0.2, 0.25) is 0 Å². The molecule has 0 aromatic rings. The van der Waals surface area contributed by atoms with Crippen molar-refractivity contribution >= 4 is 5.97 Å². The van der Waals surface area contributed by atoms with E-state index in [4.69, 9.17) is 9.47 Å². The third kappa shape index (κ3) is 2.18. The number of carbonyl (C=O) groups is 1. The minimum atomic E-state index is -0.186. The zero-order valence-corrected chi connectivity index (χ0v) is 7.41. The minimum Gasteiger partial charge on any atom is -0.456 e. The maximum atomic E-state index is 11.4. The number of hydrogen-bond acceptors (Lipinski definition) is 5. The fourth-order valence-electron chi connectivity index (χ4n) is 1.35. The molecule has 0 aliphatic carbocycles. The van der Waals surface area contributed by atoms with Gasteiger partial charge in [-0.2, -0.15) is 0 Å². The number of esters is 1. The second kappa shape index (κ2) is 4.04. The highest BCUT2D eigenvalue weighted by Crippen LogP contribution is 2.06. The summed E-state index contributed by atoms with van der Waals surface area (Å²) in [6, 6.07) is -0.186. The lowest BCUT2D eigenvalue weighted by Gasteiger charge is -2.29. The van der Waals surface area contributed by atoms with Crippen molar-refractivity contribution in [2.45, 2.75) is 12.1 Å². The molecule has 2 N–H and O–H groups in total. The van der Waals surface area contributed by atoms with Crippen molar-refractivity contribution in [1.29, 1.82) is 0 Å². The smallest absolute Gasteiger partial charge is 0.324 e. The average Bonchev–Trinajstić information content (AvgIpc) is 2.12. The van der Waals surface area contributed by atoms with Gasteiger partial charge in [0.05, 0.1) is 13.2 Å². The Morgan fingerprint density at radius 1 is 1.38 bits per heavy atom. The Bertz CT molecular complexity index is 188. The lowest BCUT2D eigenvalue weighted by molar-refractivity contribution is -0.174. The Kier molecular flexibility index (Phi) is 2.77. The van der Waals surface area contributed by atoms with Crippen molar-refractivity contribution in [2.24, 2.45) is 0 Å². The SMILES string of the molecule is O=C(OC1COC1)C1CNCCN1. The number of nitrogens with one attached hydrogen (secondary N) is 2. The fraction of sp³-hybridized carbons (Fsp3) is 0.875. The van der Waals surface area contributed by atoms with Crippen LogP contribution in [0.25, 0.3) is 0 Å². The molecule has 2 heterocycles. The maximum Gasteiger partial charge on any atom is 0.324 e. The van der Waals surface area contributed by atoms with Gasteiger partial charge in [-0.1, -0.05) is 0 Å². The maximum absolute atomic E-state index is 11.4. The monoisotopic (exact) mass is 186 g/mol. The van der Waals surface area contributed by atoms with Crippen molar-refractivity contribution in [3.8, 4) is 0 Å². The van der Waals surface area contributed by atoms with Crippen molar-refractivity contribution in [3.05, 3.63) is 0 Å². The predicted molar refractivity (Wildman–Crippen MR) is 45.4 cm³/mol. The third-order valence-corrected chi connectivity index (χ3v) is 2.22. The summed E-state index contributed by atoms with van der Waals surface area (Å²) in [6.07, 6.45) is -0.0174. The van der Waals surface area contributed by atoms with Gasteiger partial charge in [-0.25, -0.2) is 0 Å². The summed E-state index contributed by atoms with van der Waals surface area (Å²) in [7, 11) is 0. The van der Waals surface area contributed by atoms with Gasteiger partial charge in [-0.3, -0.25) is 4.79 Å². The van der Waals surface area contributed by atoms with Crippen LogP contribution in [0.15, 0.2) is 0 Å². The summed E-state index contributed by atoms with van der Waals surface area (Å²) >= 11 is 0. The predicted octanol–water partition coefficient (Wildman–Crippen LogP) is -1.51. The van der Waals surface area contributed by atoms with Gasteiger partial charge in [0.1, 0.15) is 12.1 Å². The molecule has 2 saturated heterocycles. The molecular formula is C8H14N2O3. The van der Waals surface area contributed by atoms with Crippen LogP contribution in [0.4, 0.5) is 0 Å². The highest BCUT2D eigenvalue weighted by atomic mass is 16.6. The van der Waals surface area contributed by atoms with Crippen LogP contribution in [0.3, 0.4) is 0 Å². The minimum absolute atomic E-state index is 0.0174. The first-order chi connectivity index (χ1) is 6.36. The van der Waals surface area contributed by atoms with Gasteiger partial charge in [0.15, 0.2) is 0 Å². The van der Waals surface area contributed by atoms with Gasteiger partial charge >= 0.3 is 5.97 Å². The number of piperazine rings is 1. The Balaban J connectivity index is 1.74. The molecule has 0 aromatic heterocycles. The fourth-order valence-corrected chi connectivity index (χ4v) is 1.35. The van der Waals surface area contributed by atoms with Crippen LogP contribution in [-0.4, -0.2) is 51.0 Å². The van der Waals surface area contributed by atoms with Crippen LogP contribution >= 0.6 is 0 Å². The van der Waals surface area contributed by atoms with Crippen LogP contribution in [0.5, 0.6) is 0 Å². The zero-order valence-electron chi connectivity index (χ0n) is 7.41. The molecule has 0 aromatic carbocycles. The second-order valence-corrected chi connectivity index (χ2v) is 3.31.